The van der Waals surface area contributed by atoms with E-state index in [2.05, 4.69) is 25.4 Å². The molecule has 0 unspecified atom stereocenters. The van der Waals surface area contributed by atoms with E-state index in [4.69, 9.17) is 4.52 Å². The summed E-state index contributed by atoms with van der Waals surface area (Å²) in [4.78, 5) is 25.2. The number of fused-ring (bicyclic) bond motifs is 1. The van der Waals surface area contributed by atoms with Crippen molar-refractivity contribution in [2.75, 3.05) is 6.54 Å². The van der Waals surface area contributed by atoms with Gasteiger partial charge >= 0.3 is 0 Å². The van der Waals surface area contributed by atoms with Gasteiger partial charge in [-0.2, -0.15) is 0 Å². The van der Waals surface area contributed by atoms with E-state index in [1.165, 1.54) is 11.3 Å². The highest BCUT2D eigenvalue weighted by atomic mass is 32.1. The SMILES string of the molecule is O=C(NCCc1csc(-c2ncccn2)n1)c1noc2c1CCCC2. The van der Waals surface area contributed by atoms with Gasteiger partial charge in [0, 0.05) is 42.7 Å². The molecule has 4 rings (SSSR count). The molecule has 3 aromatic rings. The Morgan fingerprint density at radius 1 is 1.24 bits per heavy atom. The van der Waals surface area contributed by atoms with Gasteiger partial charge < -0.3 is 9.84 Å². The van der Waals surface area contributed by atoms with Crippen molar-refractivity contribution in [3.63, 3.8) is 0 Å². The first-order valence-electron chi connectivity index (χ1n) is 8.28. The summed E-state index contributed by atoms with van der Waals surface area (Å²) in [6.45, 7) is 0.499. The van der Waals surface area contributed by atoms with Crippen molar-refractivity contribution >= 4 is 17.2 Å². The van der Waals surface area contributed by atoms with Crippen LogP contribution in [0.2, 0.25) is 0 Å². The van der Waals surface area contributed by atoms with Gasteiger partial charge in [-0.1, -0.05) is 5.16 Å². The quantitative estimate of drug-likeness (QED) is 0.755. The average molecular weight is 355 g/mol. The van der Waals surface area contributed by atoms with Crippen molar-refractivity contribution in [2.45, 2.75) is 32.1 Å². The molecule has 128 valence electrons. The second kappa shape index (κ2) is 7.10. The van der Waals surface area contributed by atoms with Crippen LogP contribution in [0.5, 0.6) is 0 Å². The van der Waals surface area contributed by atoms with Crippen molar-refractivity contribution in [1.29, 1.82) is 0 Å². The third kappa shape index (κ3) is 3.43. The van der Waals surface area contributed by atoms with Crippen LogP contribution in [0.3, 0.4) is 0 Å². The maximum Gasteiger partial charge on any atom is 0.273 e. The van der Waals surface area contributed by atoms with Crippen LogP contribution < -0.4 is 5.32 Å². The van der Waals surface area contributed by atoms with E-state index in [9.17, 15) is 4.79 Å². The number of carbonyl (C=O) groups excluding carboxylic acids is 1. The molecule has 3 aromatic heterocycles. The Balaban J connectivity index is 1.34. The number of amides is 1. The lowest BCUT2D eigenvalue weighted by Crippen LogP contribution is -2.27. The summed E-state index contributed by atoms with van der Waals surface area (Å²) in [6, 6.07) is 1.77. The van der Waals surface area contributed by atoms with Crippen molar-refractivity contribution in [3.8, 4) is 10.8 Å². The second-order valence-electron chi connectivity index (χ2n) is 5.86. The number of aromatic nitrogens is 4. The first-order valence-corrected chi connectivity index (χ1v) is 9.16. The molecule has 25 heavy (non-hydrogen) atoms. The number of aryl methyl sites for hydroxylation is 1. The minimum absolute atomic E-state index is 0.172. The summed E-state index contributed by atoms with van der Waals surface area (Å²) in [5.74, 6) is 1.31. The predicted molar refractivity (Wildman–Crippen MR) is 92.3 cm³/mol. The third-order valence-corrected chi connectivity index (χ3v) is 5.03. The van der Waals surface area contributed by atoms with Crippen LogP contribution in [0.1, 0.15) is 40.3 Å². The zero-order chi connectivity index (χ0) is 17.1. The maximum absolute atomic E-state index is 12.3. The molecule has 3 heterocycles. The summed E-state index contributed by atoms with van der Waals surface area (Å²) in [5, 5.41) is 9.61. The van der Waals surface area contributed by atoms with Crippen molar-refractivity contribution in [3.05, 3.63) is 46.6 Å². The van der Waals surface area contributed by atoms with Crippen LogP contribution in [0.4, 0.5) is 0 Å². The number of hydrogen-bond acceptors (Lipinski definition) is 7. The van der Waals surface area contributed by atoms with E-state index in [0.29, 0.717) is 24.5 Å². The van der Waals surface area contributed by atoms with Crippen molar-refractivity contribution in [2.24, 2.45) is 0 Å². The summed E-state index contributed by atoms with van der Waals surface area (Å²) in [7, 11) is 0. The monoisotopic (exact) mass is 355 g/mol. The smallest absolute Gasteiger partial charge is 0.273 e. The van der Waals surface area contributed by atoms with Gasteiger partial charge in [0.05, 0.1) is 5.69 Å². The number of thiazole rings is 1. The average Bonchev–Trinajstić information content (AvgIpc) is 3.29. The van der Waals surface area contributed by atoms with Gasteiger partial charge in [-0.25, -0.2) is 15.0 Å². The number of carbonyl (C=O) groups is 1. The van der Waals surface area contributed by atoms with Gasteiger partial charge in [0.2, 0.25) is 0 Å². The largest absolute Gasteiger partial charge is 0.360 e. The van der Waals surface area contributed by atoms with E-state index in [0.717, 1.165) is 47.7 Å². The lowest BCUT2D eigenvalue weighted by Gasteiger charge is -2.09. The minimum atomic E-state index is -0.172. The molecular weight excluding hydrogens is 338 g/mol. The lowest BCUT2D eigenvalue weighted by molar-refractivity contribution is 0.0944. The van der Waals surface area contributed by atoms with Gasteiger partial charge in [-0.3, -0.25) is 4.79 Å². The maximum atomic E-state index is 12.3. The van der Waals surface area contributed by atoms with Crippen LogP contribution in [0, 0.1) is 0 Å². The fourth-order valence-corrected chi connectivity index (χ4v) is 3.68. The molecule has 0 radical (unpaired) electrons. The highest BCUT2D eigenvalue weighted by molar-refractivity contribution is 7.13. The van der Waals surface area contributed by atoms with Gasteiger partial charge in [0.15, 0.2) is 16.5 Å². The number of nitrogens with one attached hydrogen (secondary N) is 1. The fourth-order valence-electron chi connectivity index (χ4n) is 2.89. The summed E-state index contributed by atoms with van der Waals surface area (Å²) >= 11 is 1.50. The van der Waals surface area contributed by atoms with Crippen LogP contribution in [0.25, 0.3) is 10.8 Å². The van der Waals surface area contributed by atoms with Crippen LogP contribution in [0.15, 0.2) is 28.4 Å². The molecule has 1 N–H and O–H groups in total. The molecule has 0 bridgehead atoms. The molecule has 0 spiro atoms. The van der Waals surface area contributed by atoms with Crippen LogP contribution in [-0.2, 0) is 19.3 Å². The van der Waals surface area contributed by atoms with Crippen LogP contribution >= 0.6 is 11.3 Å². The summed E-state index contributed by atoms with van der Waals surface area (Å²) < 4.78 is 5.29. The van der Waals surface area contributed by atoms with Crippen molar-refractivity contribution in [1.82, 2.24) is 25.4 Å². The van der Waals surface area contributed by atoms with Gasteiger partial charge in [0.1, 0.15) is 5.76 Å². The van der Waals surface area contributed by atoms with Crippen LogP contribution in [-0.4, -0.2) is 32.6 Å². The Kier molecular flexibility index (Phi) is 4.51. The minimum Gasteiger partial charge on any atom is -0.360 e. The zero-order valence-corrected chi connectivity index (χ0v) is 14.4. The number of hydrogen-bond donors (Lipinski definition) is 1. The second-order valence-corrected chi connectivity index (χ2v) is 6.72. The van der Waals surface area contributed by atoms with Gasteiger partial charge in [-0.15, -0.1) is 11.3 Å². The zero-order valence-electron chi connectivity index (χ0n) is 13.6. The molecule has 1 aliphatic carbocycles. The molecule has 0 atom stereocenters. The number of nitrogens with zero attached hydrogens (tertiary/aromatic N) is 4. The Bertz CT molecular complexity index is 874. The van der Waals surface area contributed by atoms with E-state index in [1.54, 1.807) is 18.5 Å². The van der Waals surface area contributed by atoms with Crippen molar-refractivity contribution < 1.29 is 9.32 Å². The Morgan fingerprint density at radius 2 is 2.08 bits per heavy atom. The Hall–Kier alpha value is -2.61. The molecule has 1 amide bonds. The third-order valence-electron chi connectivity index (χ3n) is 4.14. The van der Waals surface area contributed by atoms with E-state index in [-0.39, 0.29) is 5.91 Å². The molecule has 0 aromatic carbocycles. The molecule has 1 aliphatic rings. The van der Waals surface area contributed by atoms with E-state index >= 15 is 0 Å². The molecule has 0 saturated heterocycles. The van der Waals surface area contributed by atoms with E-state index < -0.39 is 0 Å². The molecule has 0 aliphatic heterocycles. The topological polar surface area (TPSA) is 93.8 Å². The molecule has 7 nitrogen and oxygen atoms in total. The Morgan fingerprint density at radius 3 is 2.96 bits per heavy atom. The lowest BCUT2D eigenvalue weighted by atomic mass is 9.96. The summed E-state index contributed by atoms with van der Waals surface area (Å²) in [6.07, 6.45) is 7.96. The highest BCUT2D eigenvalue weighted by Crippen LogP contribution is 2.24. The fraction of sp³-hybridized carbons (Fsp3) is 0.353. The predicted octanol–water partition coefficient (Wildman–Crippen LogP) is 2.44. The van der Waals surface area contributed by atoms with Gasteiger partial charge in [0.25, 0.3) is 5.91 Å². The molecule has 0 fully saturated rings. The highest BCUT2D eigenvalue weighted by Gasteiger charge is 2.23. The first-order chi connectivity index (χ1) is 12.3. The normalized spacial score (nSPS) is 13.4. The summed E-state index contributed by atoms with van der Waals surface area (Å²) in [5.41, 5.74) is 2.32. The molecule has 0 saturated carbocycles. The Labute approximate surface area is 148 Å². The standard InChI is InChI=1S/C17H17N5O2S/c23-16(14-12-4-1-2-5-13(12)24-22-14)20-9-6-11-10-25-17(21-11)15-18-7-3-8-19-15/h3,7-8,10H,1-2,4-6,9H2,(H,20,23). The molecular formula is C17H17N5O2S. The van der Waals surface area contributed by atoms with E-state index in [1.807, 2.05) is 5.38 Å². The number of rotatable bonds is 5. The molecule has 8 heteroatoms. The first kappa shape index (κ1) is 15.9. The van der Waals surface area contributed by atoms with Gasteiger partial charge in [-0.05, 0) is 25.3 Å².